The molecule has 0 saturated carbocycles. The molecule has 0 saturated heterocycles. The number of aromatic nitrogens is 3. The molecule has 0 atom stereocenters. The molecule has 3 rings (SSSR count). The summed E-state index contributed by atoms with van der Waals surface area (Å²) < 4.78 is 6.37. The van der Waals surface area contributed by atoms with Crippen LogP contribution in [0.1, 0.15) is 5.82 Å². The first kappa shape index (κ1) is 12.2. The summed E-state index contributed by atoms with van der Waals surface area (Å²) in [5.41, 5.74) is 2.65. The highest BCUT2D eigenvalue weighted by atomic mass is 79.9. The predicted molar refractivity (Wildman–Crippen MR) is 78.3 cm³/mol. The highest BCUT2D eigenvalue weighted by Crippen LogP contribution is 2.36. The lowest BCUT2D eigenvalue weighted by molar-refractivity contribution is 0.416. The van der Waals surface area contributed by atoms with E-state index >= 15 is 0 Å². The summed E-state index contributed by atoms with van der Waals surface area (Å²) >= 11 is 3.53. The quantitative estimate of drug-likeness (QED) is 0.784. The molecule has 0 amide bonds. The van der Waals surface area contributed by atoms with Gasteiger partial charge in [-0.1, -0.05) is 12.1 Å². The van der Waals surface area contributed by atoms with Crippen molar-refractivity contribution in [3.63, 3.8) is 0 Å². The van der Waals surface area contributed by atoms with Crippen molar-refractivity contribution in [2.75, 3.05) is 7.11 Å². The summed E-state index contributed by atoms with van der Waals surface area (Å²) in [6, 6.07) is 7.85. The first-order valence-electron chi connectivity index (χ1n) is 5.85. The molecule has 0 aliphatic carbocycles. The molecule has 0 unspecified atom stereocenters. The number of rotatable bonds is 2. The Morgan fingerprint density at radius 1 is 1.21 bits per heavy atom. The van der Waals surface area contributed by atoms with Gasteiger partial charge in [0.2, 0.25) is 0 Å². The second-order valence-electron chi connectivity index (χ2n) is 4.18. The number of nitrogens with one attached hydrogen (secondary N) is 1. The number of aromatic amines is 1. The molecular weight excluding hydrogens is 306 g/mol. The van der Waals surface area contributed by atoms with Gasteiger partial charge in [0.25, 0.3) is 0 Å². The van der Waals surface area contributed by atoms with Crippen LogP contribution in [0.4, 0.5) is 0 Å². The normalized spacial score (nSPS) is 10.9. The number of para-hydroxylation sites is 1. The predicted octanol–water partition coefficient (Wildman–Crippen LogP) is 3.70. The molecule has 19 heavy (non-hydrogen) atoms. The molecule has 2 heterocycles. The minimum atomic E-state index is 0.725. The number of methoxy groups -OCH3 is 1. The van der Waals surface area contributed by atoms with Crippen molar-refractivity contribution >= 4 is 27.0 Å². The molecule has 0 spiro atoms. The molecule has 5 heteroatoms. The average Bonchev–Trinajstić information content (AvgIpc) is 2.79. The van der Waals surface area contributed by atoms with E-state index in [0.717, 1.165) is 38.3 Å². The van der Waals surface area contributed by atoms with E-state index in [9.17, 15) is 0 Å². The number of ether oxygens (including phenoxy) is 1. The Bertz CT molecular complexity index is 752. The third-order valence-electron chi connectivity index (χ3n) is 2.96. The fourth-order valence-electron chi connectivity index (χ4n) is 2.14. The highest BCUT2D eigenvalue weighted by molar-refractivity contribution is 9.10. The zero-order valence-electron chi connectivity index (χ0n) is 10.6. The van der Waals surface area contributed by atoms with Gasteiger partial charge in [-0.25, -0.2) is 9.97 Å². The van der Waals surface area contributed by atoms with Gasteiger partial charge in [-0.05, 0) is 35.0 Å². The monoisotopic (exact) mass is 317 g/mol. The molecule has 0 aliphatic rings. The van der Waals surface area contributed by atoms with Crippen LogP contribution in [0, 0.1) is 6.92 Å². The molecule has 3 aromatic rings. The number of fused-ring (bicyclic) bond motifs is 1. The topological polar surface area (TPSA) is 50.8 Å². The van der Waals surface area contributed by atoms with E-state index in [-0.39, 0.29) is 0 Å². The van der Waals surface area contributed by atoms with Gasteiger partial charge in [-0.3, -0.25) is 0 Å². The van der Waals surface area contributed by atoms with Gasteiger partial charge in [0.05, 0.1) is 18.2 Å². The molecule has 96 valence electrons. The Balaban J connectivity index is 2.38. The van der Waals surface area contributed by atoms with Crippen LogP contribution in [0.5, 0.6) is 5.75 Å². The lowest BCUT2D eigenvalue weighted by Crippen LogP contribution is -1.95. The van der Waals surface area contributed by atoms with Crippen molar-refractivity contribution < 1.29 is 4.74 Å². The number of benzene rings is 1. The Morgan fingerprint density at radius 2 is 2.00 bits per heavy atom. The number of hydrogen-bond donors (Lipinski definition) is 1. The van der Waals surface area contributed by atoms with Crippen LogP contribution in [-0.4, -0.2) is 22.1 Å². The first-order valence-corrected chi connectivity index (χ1v) is 6.64. The maximum atomic E-state index is 5.42. The van der Waals surface area contributed by atoms with Crippen LogP contribution >= 0.6 is 15.9 Å². The van der Waals surface area contributed by atoms with Gasteiger partial charge in [0, 0.05) is 16.2 Å². The summed E-state index contributed by atoms with van der Waals surface area (Å²) in [5.74, 6) is 1.53. The molecular formula is C14H12BrN3O. The van der Waals surface area contributed by atoms with Crippen LogP contribution in [0.15, 0.2) is 34.9 Å². The van der Waals surface area contributed by atoms with Crippen molar-refractivity contribution in [1.82, 2.24) is 15.0 Å². The van der Waals surface area contributed by atoms with Crippen LogP contribution in [-0.2, 0) is 0 Å². The second-order valence-corrected chi connectivity index (χ2v) is 5.03. The van der Waals surface area contributed by atoms with Gasteiger partial charge in [-0.2, -0.15) is 0 Å². The summed E-state index contributed by atoms with van der Waals surface area (Å²) in [6.45, 7) is 1.88. The Morgan fingerprint density at radius 3 is 2.79 bits per heavy atom. The van der Waals surface area contributed by atoms with E-state index in [0.29, 0.717) is 0 Å². The van der Waals surface area contributed by atoms with E-state index in [2.05, 4.69) is 30.9 Å². The lowest BCUT2D eigenvalue weighted by Gasteiger charge is -2.09. The summed E-state index contributed by atoms with van der Waals surface area (Å²) in [7, 11) is 1.66. The Hall–Kier alpha value is -1.88. The van der Waals surface area contributed by atoms with Crippen molar-refractivity contribution in [2.24, 2.45) is 0 Å². The number of nitrogens with zero attached hydrogens (tertiary/aromatic N) is 2. The van der Waals surface area contributed by atoms with Crippen molar-refractivity contribution in [2.45, 2.75) is 6.92 Å². The van der Waals surface area contributed by atoms with Gasteiger partial charge in [-0.15, -0.1) is 0 Å². The van der Waals surface area contributed by atoms with Crippen LogP contribution in [0.3, 0.4) is 0 Å². The van der Waals surface area contributed by atoms with E-state index < -0.39 is 0 Å². The fraction of sp³-hybridized carbons (Fsp3) is 0.143. The largest absolute Gasteiger partial charge is 0.496 e. The molecule has 1 N–H and O–H groups in total. The van der Waals surface area contributed by atoms with E-state index in [1.165, 1.54) is 0 Å². The van der Waals surface area contributed by atoms with Gasteiger partial charge < -0.3 is 9.72 Å². The lowest BCUT2D eigenvalue weighted by atomic mass is 10.1. The number of aryl methyl sites for hydroxylation is 1. The average molecular weight is 318 g/mol. The molecule has 0 aliphatic heterocycles. The molecule has 0 radical (unpaired) electrons. The molecule has 1 aromatic carbocycles. The molecule has 0 bridgehead atoms. The minimum absolute atomic E-state index is 0.725. The van der Waals surface area contributed by atoms with Crippen molar-refractivity contribution in [3.05, 3.63) is 40.8 Å². The van der Waals surface area contributed by atoms with Gasteiger partial charge in [0.1, 0.15) is 17.2 Å². The molecule has 0 fully saturated rings. The second kappa shape index (κ2) is 4.66. The minimum Gasteiger partial charge on any atom is -0.496 e. The van der Waals surface area contributed by atoms with Crippen LogP contribution < -0.4 is 4.74 Å². The van der Waals surface area contributed by atoms with Crippen LogP contribution in [0.2, 0.25) is 0 Å². The van der Waals surface area contributed by atoms with E-state index in [1.54, 1.807) is 7.11 Å². The number of hydrogen-bond acceptors (Lipinski definition) is 3. The van der Waals surface area contributed by atoms with Crippen molar-refractivity contribution in [3.8, 4) is 17.0 Å². The SMILES string of the molecule is COc1ccccc1-c1nc(C)nc2[nH]cc(Br)c12. The smallest absolute Gasteiger partial charge is 0.142 e. The van der Waals surface area contributed by atoms with E-state index in [4.69, 9.17) is 4.74 Å². The highest BCUT2D eigenvalue weighted by Gasteiger charge is 2.15. The zero-order chi connectivity index (χ0) is 13.4. The van der Waals surface area contributed by atoms with Crippen molar-refractivity contribution in [1.29, 1.82) is 0 Å². The third-order valence-corrected chi connectivity index (χ3v) is 3.58. The summed E-state index contributed by atoms with van der Waals surface area (Å²) in [4.78, 5) is 12.1. The maximum Gasteiger partial charge on any atom is 0.142 e. The fourth-order valence-corrected chi connectivity index (χ4v) is 2.63. The molecule has 4 nitrogen and oxygen atoms in total. The standard InChI is InChI=1S/C14H12BrN3O/c1-8-17-13(9-5-3-4-6-11(9)19-2)12-10(15)7-16-14(12)18-8/h3-7H,1-2H3,(H,16,17,18). The summed E-state index contributed by atoms with van der Waals surface area (Å²) in [6.07, 6.45) is 1.87. The Kier molecular flexibility index (Phi) is 2.98. The summed E-state index contributed by atoms with van der Waals surface area (Å²) in [5, 5.41) is 0.968. The number of halogens is 1. The van der Waals surface area contributed by atoms with Crippen LogP contribution in [0.25, 0.3) is 22.3 Å². The number of H-pyrrole nitrogens is 1. The first-order chi connectivity index (χ1) is 9.20. The van der Waals surface area contributed by atoms with E-state index in [1.807, 2.05) is 37.4 Å². The maximum absolute atomic E-state index is 5.42. The Labute approximate surface area is 119 Å². The van der Waals surface area contributed by atoms with Gasteiger partial charge >= 0.3 is 0 Å². The molecule has 2 aromatic heterocycles. The third kappa shape index (κ3) is 2.00. The van der Waals surface area contributed by atoms with Gasteiger partial charge in [0.15, 0.2) is 0 Å². The zero-order valence-corrected chi connectivity index (χ0v) is 12.2.